The zero-order valence-electron chi connectivity index (χ0n) is 15.9. The Kier molecular flexibility index (Phi) is 5.34. The van der Waals surface area contributed by atoms with Gasteiger partial charge in [0.05, 0.1) is 21.1 Å². The highest BCUT2D eigenvalue weighted by molar-refractivity contribution is 14.1. The van der Waals surface area contributed by atoms with E-state index in [0.29, 0.717) is 22.8 Å². The van der Waals surface area contributed by atoms with Crippen molar-refractivity contribution in [1.82, 2.24) is 10.2 Å². The van der Waals surface area contributed by atoms with E-state index in [9.17, 15) is 10.5 Å². The highest BCUT2D eigenvalue weighted by Gasteiger charge is 2.34. The summed E-state index contributed by atoms with van der Waals surface area (Å²) >= 11 is 2.20. The lowest BCUT2D eigenvalue weighted by Gasteiger charge is -2.24. The van der Waals surface area contributed by atoms with Gasteiger partial charge in [-0.2, -0.15) is 10.5 Å². The quantitative estimate of drug-likeness (QED) is 0.514. The summed E-state index contributed by atoms with van der Waals surface area (Å²) in [6, 6.07) is 17.4. The molecule has 1 aromatic heterocycles. The first-order valence-corrected chi connectivity index (χ1v) is 10.1. The molecule has 1 aliphatic rings. The first-order valence-electron chi connectivity index (χ1n) is 9.06. The third-order valence-corrected chi connectivity index (χ3v) is 5.78. The molecular formula is C22H16IN5O2. The number of halogens is 1. The second-order valence-corrected chi connectivity index (χ2v) is 7.90. The third-order valence-electron chi connectivity index (χ3n) is 4.94. The molecule has 2 heterocycles. The predicted octanol–water partition coefficient (Wildman–Crippen LogP) is 3.99. The van der Waals surface area contributed by atoms with E-state index in [1.807, 2.05) is 43.3 Å². The molecule has 0 bridgehead atoms. The number of aromatic nitrogens is 2. The van der Waals surface area contributed by atoms with E-state index in [-0.39, 0.29) is 18.4 Å². The Morgan fingerprint density at radius 1 is 1.23 bits per heavy atom. The summed E-state index contributed by atoms with van der Waals surface area (Å²) in [4.78, 5) is 0. The van der Waals surface area contributed by atoms with Gasteiger partial charge in [0.15, 0.2) is 0 Å². The number of ether oxygens (including phenoxy) is 2. The number of benzene rings is 2. The van der Waals surface area contributed by atoms with Gasteiger partial charge in [-0.1, -0.05) is 24.3 Å². The van der Waals surface area contributed by atoms with Crippen LogP contribution >= 0.6 is 22.6 Å². The Hall–Kier alpha value is -3.50. The molecule has 3 aromatic rings. The summed E-state index contributed by atoms with van der Waals surface area (Å²) in [6.07, 6.45) is 0. The molecule has 1 atom stereocenters. The van der Waals surface area contributed by atoms with E-state index in [2.05, 4.69) is 44.9 Å². The van der Waals surface area contributed by atoms with Crippen molar-refractivity contribution in [2.45, 2.75) is 19.4 Å². The van der Waals surface area contributed by atoms with Gasteiger partial charge in [-0.05, 0) is 53.3 Å². The molecule has 0 radical (unpaired) electrons. The minimum atomic E-state index is -0.376. The third kappa shape index (κ3) is 3.46. The largest absolute Gasteiger partial charge is 0.488 e. The van der Waals surface area contributed by atoms with E-state index in [4.69, 9.17) is 15.2 Å². The van der Waals surface area contributed by atoms with E-state index >= 15 is 0 Å². The highest BCUT2D eigenvalue weighted by atomic mass is 127. The number of nitriles is 2. The topological polar surface area (TPSA) is 121 Å². The average molecular weight is 509 g/mol. The Labute approximate surface area is 186 Å². The SMILES string of the molecule is Cc1[nH]nc2c1[C@H](c1ccc(OCc3ccccc3C#N)c(I)c1)C(C#N)=C(N)O2. The number of allylic oxidation sites excluding steroid dienone is 1. The summed E-state index contributed by atoms with van der Waals surface area (Å²) in [5, 5.41) is 26.0. The van der Waals surface area contributed by atoms with Gasteiger partial charge >= 0.3 is 0 Å². The van der Waals surface area contributed by atoms with Crippen molar-refractivity contribution in [3.63, 3.8) is 0 Å². The van der Waals surface area contributed by atoms with Gasteiger partial charge in [0.25, 0.3) is 0 Å². The Morgan fingerprint density at radius 2 is 2.03 bits per heavy atom. The fourth-order valence-electron chi connectivity index (χ4n) is 3.46. The fourth-order valence-corrected chi connectivity index (χ4v) is 4.15. The molecule has 0 unspecified atom stereocenters. The van der Waals surface area contributed by atoms with Crippen LogP contribution in [0.3, 0.4) is 0 Å². The van der Waals surface area contributed by atoms with Crippen LogP contribution in [0, 0.1) is 33.2 Å². The summed E-state index contributed by atoms with van der Waals surface area (Å²) in [7, 11) is 0. The molecule has 0 amide bonds. The Balaban J connectivity index is 1.66. The molecule has 30 heavy (non-hydrogen) atoms. The second kappa shape index (κ2) is 8.09. The van der Waals surface area contributed by atoms with Gasteiger partial charge in [-0.25, -0.2) is 0 Å². The van der Waals surface area contributed by atoms with Crippen LogP contribution in [0.2, 0.25) is 0 Å². The summed E-state index contributed by atoms with van der Waals surface area (Å²) in [5.74, 6) is 0.764. The van der Waals surface area contributed by atoms with E-state index in [1.165, 1.54) is 0 Å². The second-order valence-electron chi connectivity index (χ2n) is 6.74. The smallest absolute Gasteiger partial charge is 0.244 e. The molecule has 0 aliphatic carbocycles. The van der Waals surface area contributed by atoms with Crippen LogP contribution < -0.4 is 15.2 Å². The fraction of sp³-hybridized carbons (Fsp3) is 0.136. The van der Waals surface area contributed by atoms with Crippen LogP contribution in [0.15, 0.2) is 53.9 Å². The molecule has 1 aliphatic heterocycles. The molecule has 0 saturated carbocycles. The van der Waals surface area contributed by atoms with Crippen molar-refractivity contribution in [3.05, 3.63) is 85.4 Å². The number of fused-ring (bicyclic) bond motifs is 1. The number of hydrogen-bond donors (Lipinski definition) is 2. The molecule has 3 N–H and O–H groups in total. The van der Waals surface area contributed by atoms with Crippen LogP contribution in [0.25, 0.3) is 0 Å². The lowest BCUT2D eigenvalue weighted by atomic mass is 9.84. The number of nitrogens with zero attached hydrogens (tertiary/aromatic N) is 3. The van der Waals surface area contributed by atoms with Crippen molar-refractivity contribution in [2.75, 3.05) is 0 Å². The highest BCUT2D eigenvalue weighted by Crippen LogP contribution is 2.43. The maximum atomic E-state index is 9.68. The number of nitrogens with one attached hydrogen (secondary N) is 1. The molecule has 0 saturated heterocycles. The molecule has 0 fully saturated rings. The van der Waals surface area contributed by atoms with Crippen molar-refractivity contribution in [3.8, 4) is 23.8 Å². The minimum absolute atomic E-state index is 0.0601. The first kappa shape index (κ1) is 19.8. The average Bonchev–Trinajstić information content (AvgIpc) is 3.12. The zero-order valence-corrected chi connectivity index (χ0v) is 18.1. The van der Waals surface area contributed by atoms with Crippen molar-refractivity contribution >= 4 is 22.6 Å². The molecule has 148 valence electrons. The first-order chi connectivity index (χ1) is 14.5. The van der Waals surface area contributed by atoms with Gasteiger partial charge in [-0.3, -0.25) is 5.10 Å². The maximum Gasteiger partial charge on any atom is 0.244 e. The summed E-state index contributed by atoms with van der Waals surface area (Å²) in [5.41, 5.74) is 10.2. The number of nitrogens with two attached hydrogens (primary N) is 1. The number of rotatable bonds is 4. The Morgan fingerprint density at radius 3 is 2.77 bits per heavy atom. The number of aryl methyl sites for hydroxylation is 1. The van der Waals surface area contributed by atoms with Gasteiger partial charge in [0, 0.05) is 16.8 Å². The molecule has 8 heteroatoms. The van der Waals surface area contributed by atoms with Gasteiger partial charge in [0.1, 0.15) is 24.0 Å². The van der Waals surface area contributed by atoms with Crippen molar-refractivity contribution < 1.29 is 9.47 Å². The molecule has 2 aromatic carbocycles. The molecule has 0 spiro atoms. The van der Waals surface area contributed by atoms with Crippen LogP contribution in [0.1, 0.15) is 33.9 Å². The van der Waals surface area contributed by atoms with Crippen molar-refractivity contribution in [1.29, 1.82) is 10.5 Å². The van der Waals surface area contributed by atoms with Gasteiger partial charge < -0.3 is 15.2 Å². The molecule has 7 nitrogen and oxygen atoms in total. The monoisotopic (exact) mass is 509 g/mol. The van der Waals surface area contributed by atoms with E-state index in [0.717, 1.165) is 26.0 Å². The summed E-state index contributed by atoms with van der Waals surface area (Å²) in [6.45, 7) is 2.17. The van der Waals surface area contributed by atoms with E-state index in [1.54, 1.807) is 6.07 Å². The van der Waals surface area contributed by atoms with Crippen molar-refractivity contribution in [2.24, 2.45) is 5.73 Å². The van der Waals surface area contributed by atoms with E-state index < -0.39 is 0 Å². The Bertz CT molecular complexity index is 1250. The molecule has 4 rings (SSSR count). The predicted molar refractivity (Wildman–Crippen MR) is 117 cm³/mol. The number of aromatic amines is 1. The van der Waals surface area contributed by atoms with Crippen LogP contribution in [-0.4, -0.2) is 10.2 Å². The van der Waals surface area contributed by atoms with Gasteiger partial charge in [0.2, 0.25) is 11.8 Å². The minimum Gasteiger partial charge on any atom is -0.488 e. The lowest BCUT2D eigenvalue weighted by Crippen LogP contribution is -2.21. The lowest BCUT2D eigenvalue weighted by molar-refractivity contribution is 0.303. The normalized spacial score (nSPS) is 15.0. The van der Waals surface area contributed by atoms with Crippen LogP contribution in [0.5, 0.6) is 11.6 Å². The summed E-state index contributed by atoms with van der Waals surface area (Å²) < 4.78 is 12.3. The van der Waals surface area contributed by atoms with Crippen LogP contribution in [0.4, 0.5) is 0 Å². The number of hydrogen-bond acceptors (Lipinski definition) is 6. The van der Waals surface area contributed by atoms with Crippen LogP contribution in [-0.2, 0) is 6.61 Å². The standard InChI is InChI=1S/C22H16IN5O2/c1-12-19-20(16(10-25)21(26)30-22(19)28-27-12)13-6-7-18(17(23)8-13)29-11-15-5-3-2-4-14(15)9-24/h2-8,20H,11,26H2,1H3,(H,27,28)/t20-/m1/s1. The zero-order chi connectivity index (χ0) is 21.3. The van der Waals surface area contributed by atoms with Gasteiger partial charge in [-0.15, -0.1) is 5.10 Å². The number of H-pyrrole nitrogens is 1. The molecular weight excluding hydrogens is 493 g/mol. The maximum absolute atomic E-state index is 9.68.